The van der Waals surface area contributed by atoms with Crippen LogP contribution in [0.15, 0.2) is 35.1 Å². The second-order valence-electron chi connectivity index (χ2n) is 6.24. The number of rotatable bonds is 4. The van der Waals surface area contributed by atoms with Crippen LogP contribution in [0.5, 0.6) is 0 Å². The lowest BCUT2D eigenvalue weighted by Gasteiger charge is -2.09. The van der Waals surface area contributed by atoms with Gasteiger partial charge < -0.3 is 9.88 Å². The number of nitrogens with zero attached hydrogens (tertiary/aromatic N) is 4. The van der Waals surface area contributed by atoms with E-state index in [0.717, 1.165) is 16.3 Å². The lowest BCUT2D eigenvalue weighted by molar-refractivity contribution is -0.121. The molecule has 0 atom stereocenters. The van der Waals surface area contributed by atoms with Gasteiger partial charge in [-0.2, -0.15) is 9.61 Å². The molecule has 3 aromatic heterocycles. The Morgan fingerprint density at radius 3 is 2.74 bits per heavy atom. The van der Waals surface area contributed by atoms with Gasteiger partial charge in [-0.05, 0) is 37.6 Å². The van der Waals surface area contributed by atoms with Crippen molar-refractivity contribution in [1.29, 1.82) is 0 Å². The minimum atomic E-state index is -0.323. The van der Waals surface area contributed by atoms with E-state index in [1.807, 2.05) is 13.8 Å². The molecular weight excluding hydrogens is 369 g/mol. The van der Waals surface area contributed by atoms with E-state index in [1.54, 1.807) is 22.8 Å². The van der Waals surface area contributed by atoms with Gasteiger partial charge in [0.25, 0.3) is 5.56 Å². The number of hydrogen-bond donors (Lipinski definition) is 1. The molecule has 0 aliphatic carbocycles. The van der Waals surface area contributed by atoms with Crippen LogP contribution in [0.2, 0.25) is 0 Å². The number of fused-ring (bicyclic) bond motifs is 2. The third-order valence-corrected chi connectivity index (χ3v) is 5.08. The van der Waals surface area contributed by atoms with Crippen molar-refractivity contribution in [3.8, 4) is 0 Å². The number of benzene rings is 1. The van der Waals surface area contributed by atoms with E-state index in [9.17, 15) is 14.0 Å². The molecule has 0 saturated heterocycles. The zero-order valence-corrected chi connectivity index (χ0v) is 15.5. The molecule has 4 aromatic rings. The fraction of sp³-hybridized carbons (Fsp3) is 0.222. The summed E-state index contributed by atoms with van der Waals surface area (Å²) in [5, 5.41) is 7.72. The highest BCUT2D eigenvalue weighted by Crippen LogP contribution is 2.18. The van der Waals surface area contributed by atoms with E-state index in [4.69, 9.17) is 0 Å². The molecule has 7 nitrogen and oxygen atoms in total. The molecule has 0 bridgehead atoms. The van der Waals surface area contributed by atoms with Crippen LogP contribution in [0.3, 0.4) is 0 Å². The molecule has 4 rings (SSSR count). The smallest absolute Gasteiger partial charge is 0.299 e. The van der Waals surface area contributed by atoms with Crippen LogP contribution >= 0.6 is 11.3 Å². The van der Waals surface area contributed by atoms with E-state index >= 15 is 0 Å². The van der Waals surface area contributed by atoms with Gasteiger partial charge in [0.05, 0.1) is 5.52 Å². The van der Waals surface area contributed by atoms with Crippen molar-refractivity contribution in [1.82, 2.24) is 24.5 Å². The summed E-state index contributed by atoms with van der Waals surface area (Å²) in [5.74, 6) is -0.574. The van der Waals surface area contributed by atoms with Crippen molar-refractivity contribution in [2.75, 3.05) is 0 Å². The maximum atomic E-state index is 12.9. The minimum Gasteiger partial charge on any atom is -0.350 e. The molecule has 0 aliphatic rings. The van der Waals surface area contributed by atoms with E-state index in [2.05, 4.69) is 15.4 Å². The number of amides is 1. The van der Waals surface area contributed by atoms with Gasteiger partial charge in [0.15, 0.2) is 0 Å². The summed E-state index contributed by atoms with van der Waals surface area (Å²) in [6.07, 6.45) is 0. The number of carbonyl (C=O) groups excluding carboxylic acids is 1. The summed E-state index contributed by atoms with van der Waals surface area (Å²) in [6, 6.07) is 7.71. The van der Waals surface area contributed by atoms with Crippen molar-refractivity contribution in [3.63, 3.8) is 0 Å². The molecule has 0 radical (unpaired) electrons. The number of halogens is 1. The first-order valence-electron chi connectivity index (χ1n) is 8.30. The molecule has 1 amide bonds. The van der Waals surface area contributed by atoms with Gasteiger partial charge in [-0.15, -0.1) is 0 Å². The van der Waals surface area contributed by atoms with Crippen LogP contribution in [0.25, 0.3) is 16.0 Å². The Labute approximate surface area is 157 Å². The third kappa shape index (κ3) is 3.21. The fourth-order valence-corrected chi connectivity index (χ4v) is 3.70. The van der Waals surface area contributed by atoms with Crippen LogP contribution in [-0.4, -0.2) is 25.1 Å². The van der Waals surface area contributed by atoms with Gasteiger partial charge in [-0.3, -0.25) is 9.59 Å². The van der Waals surface area contributed by atoms with Crippen LogP contribution in [0.4, 0.5) is 4.39 Å². The summed E-state index contributed by atoms with van der Waals surface area (Å²) in [5.41, 5.74) is 2.17. The van der Waals surface area contributed by atoms with E-state index in [1.165, 1.54) is 28.0 Å². The zero-order chi connectivity index (χ0) is 19.1. The van der Waals surface area contributed by atoms with Gasteiger partial charge in [0.1, 0.15) is 22.9 Å². The molecule has 0 fully saturated rings. The van der Waals surface area contributed by atoms with Crippen molar-refractivity contribution in [2.45, 2.75) is 26.9 Å². The maximum Gasteiger partial charge on any atom is 0.299 e. The predicted molar refractivity (Wildman–Crippen MR) is 100 cm³/mol. The topological polar surface area (TPSA) is 81.3 Å². The molecule has 9 heteroatoms. The highest BCUT2D eigenvalue weighted by Gasteiger charge is 2.17. The summed E-state index contributed by atoms with van der Waals surface area (Å²) in [6.45, 7) is 3.91. The first kappa shape index (κ1) is 17.3. The molecule has 0 unspecified atom stereocenters. The first-order valence-corrected chi connectivity index (χ1v) is 9.11. The lowest BCUT2D eigenvalue weighted by Crippen LogP contribution is -2.29. The Bertz CT molecular complexity index is 1220. The molecule has 0 saturated carbocycles. The molecule has 1 aromatic carbocycles. The molecule has 0 aliphatic heterocycles. The first-order chi connectivity index (χ1) is 12.9. The second-order valence-corrected chi connectivity index (χ2v) is 7.40. The molecule has 138 valence electrons. The maximum absolute atomic E-state index is 12.9. The Kier molecular flexibility index (Phi) is 4.23. The van der Waals surface area contributed by atoms with Gasteiger partial charge in [-0.25, -0.2) is 9.37 Å². The molecule has 3 heterocycles. The monoisotopic (exact) mass is 385 g/mol. The number of nitrogens with one attached hydrogen (secondary N) is 1. The quantitative estimate of drug-likeness (QED) is 0.584. The normalized spacial score (nSPS) is 11.4. The Morgan fingerprint density at radius 2 is 2.00 bits per heavy atom. The van der Waals surface area contributed by atoms with Gasteiger partial charge in [-0.1, -0.05) is 23.5 Å². The molecule has 27 heavy (non-hydrogen) atoms. The van der Waals surface area contributed by atoms with Crippen molar-refractivity contribution in [2.24, 2.45) is 0 Å². The zero-order valence-electron chi connectivity index (χ0n) is 14.7. The number of aryl methyl sites for hydroxylation is 2. The predicted octanol–water partition coefficient (Wildman–Crippen LogP) is 2.18. The SMILES string of the molecule is Cc1nn2c(=O)c3c(cc(C)n3CC(=O)NCc3ccc(F)cc3)nc2s1. The summed E-state index contributed by atoms with van der Waals surface area (Å²) >= 11 is 1.34. The van der Waals surface area contributed by atoms with E-state index in [-0.39, 0.29) is 30.4 Å². The van der Waals surface area contributed by atoms with Crippen LogP contribution in [-0.2, 0) is 17.9 Å². The fourth-order valence-electron chi connectivity index (χ4n) is 2.96. The largest absolute Gasteiger partial charge is 0.350 e. The number of carbonyl (C=O) groups is 1. The van der Waals surface area contributed by atoms with Gasteiger partial charge in [0, 0.05) is 12.2 Å². The lowest BCUT2D eigenvalue weighted by atomic mass is 10.2. The van der Waals surface area contributed by atoms with E-state index in [0.29, 0.717) is 16.0 Å². The Balaban J connectivity index is 1.62. The van der Waals surface area contributed by atoms with E-state index < -0.39 is 0 Å². The van der Waals surface area contributed by atoms with Crippen molar-refractivity contribution < 1.29 is 9.18 Å². The molecule has 0 spiro atoms. The summed E-state index contributed by atoms with van der Waals surface area (Å²) in [7, 11) is 0. The van der Waals surface area contributed by atoms with Crippen LogP contribution in [0, 0.1) is 19.7 Å². The van der Waals surface area contributed by atoms with Crippen LogP contribution in [0.1, 0.15) is 16.3 Å². The number of aromatic nitrogens is 4. The van der Waals surface area contributed by atoms with Gasteiger partial charge >= 0.3 is 0 Å². The highest BCUT2D eigenvalue weighted by molar-refractivity contribution is 7.16. The molecular formula is C18H16FN5O2S. The number of hydrogen-bond acceptors (Lipinski definition) is 5. The van der Waals surface area contributed by atoms with Crippen molar-refractivity contribution >= 4 is 33.2 Å². The second kappa shape index (κ2) is 6.58. The standard InChI is InChI=1S/C18H16FN5O2S/c1-10-7-14-16(17(26)24-18(21-14)27-11(2)22-24)23(10)9-15(25)20-8-12-3-5-13(19)6-4-12/h3-7H,8-9H2,1-2H3,(H,20,25). The Morgan fingerprint density at radius 1 is 1.26 bits per heavy atom. The summed E-state index contributed by atoms with van der Waals surface area (Å²) in [4.78, 5) is 30.2. The van der Waals surface area contributed by atoms with Crippen LogP contribution < -0.4 is 10.9 Å². The average molecular weight is 385 g/mol. The Hall–Kier alpha value is -3.07. The molecule has 1 N–H and O–H groups in total. The van der Waals surface area contributed by atoms with Gasteiger partial charge in [0.2, 0.25) is 10.9 Å². The summed E-state index contributed by atoms with van der Waals surface area (Å²) < 4.78 is 15.9. The minimum absolute atomic E-state index is 0.0113. The highest BCUT2D eigenvalue weighted by atomic mass is 32.1. The average Bonchev–Trinajstić information content (AvgIpc) is 3.14. The third-order valence-electron chi connectivity index (χ3n) is 4.26. The van der Waals surface area contributed by atoms with Crippen molar-refractivity contribution in [3.05, 3.63) is 62.8 Å².